The molecule has 2 amide bonds. The molecule has 1 aliphatic rings. The number of benzene rings is 1. The van der Waals surface area contributed by atoms with Crippen LogP contribution >= 0.6 is 0 Å². The Bertz CT molecular complexity index is 518. The number of hydrogen-bond donors (Lipinski definition) is 1. The lowest BCUT2D eigenvalue weighted by molar-refractivity contribution is -0.131. The standard InChI is InChI=1S/C18H27N3O2/c1-15(18(19)23)8-9-17(22)21-11-5-10-20(12-13-21)14-16-6-3-2-4-7-16/h2-4,6-7,15H,5,8-14H2,1H3,(H2,19,23)/t15-/m0/s1. The third-order valence-electron chi connectivity index (χ3n) is 4.47. The summed E-state index contributed by atoms with van der Waals surface area (Å²) in [4.78, 5) is 27.7. The van der Waals surface area contributed by atoms with Crippen LogP contribution in [0.1, 0.15) is 31.7 Å². The molecule has 1 aliphatic heterocycles. The second kappa shape index (κ2) is 8.67. The molecular formula is C18H27N3O2. The third-order valence-corrected chi connectivity index (χ3v) is 4.47. The summed E-state index contributed by atoms with van der Waals surface area (Å²) >= 11 is 0. The van der Waals surface area contributed by atoms with Crippen LogP contribution in [-0.4, -0.2) is 47.8 Å². The lowest BCUT2D eigenvalue weighted by atomic mass is 10.0. The van der Waals surface area contributed by atoms with Gasteiger partial charge in [-0.05, 0) is 18.4 Å². The predicted molar refractivity (Wildman–Crippen MR) is 90.5 cm³/mol. The van der Waals surface area contributed by atoms with Gasteiger partial charge in [-0.3, -0.25) is 14.5 Å². The molecule has 2 rings (SSSR count). The molecule has 0 aliphatic carbocycles. The lowest BCUT2D eigenvalue weighted by Crippen LogP contribution is -2.35. The molecule has 0 aromatic heterocycles. The second-order valence-electron chi connectivity index (χ2n) is 6.34. The maximum absolute atomic E-state index is 12.3. The summed E-state index contributed by atoms with van der Waals surface area (Å²) in [7, 11) is 0. The first-order chi connectivity index (χ1) is 11.1. The number of nitrogens with two attached hydrogens (primary N) is 1. The second-order valence-corrected chi connectivity index (χ2v) is 6.34. The van der Waals surface area contributed by atoms with Crippen molar-refractivity contribution in [3.05, 3.63) is 35.9 Å². The Balaban J connectivity index is 1.79. The molecule has 5 heteroatoms. The number of hydrogen-bond acceptors (Lipinski definition) is 3. The number of nitrogens with zero attached hydrogens (tertiary/aromatic N) is 2. The molecule has 0 spiro atoms. The van der Waals surface area contributed by atoms with Gasteiger partial charge in [-0.2, -0.15) is 0 Å². The van der Waals surface area contributed by atoms with Crippen LogP contribution in [0.5, 0.6) is 0 Å². The van der Waals surface area contributed by atoms with E-state index in [9.17, 15) is 9.59 Å². The molecule has 1 fully saturated rings. The first kappa shape index (κ1) is 17.5. The van der Waals surface area contributed by atoms with E-state index in [0.717, 1.165) is 39.1 Å². The first-order valence-electron chi connectivity index (χ1n) is 8.39. The molecule has 1 aromatic carbocycles. The van der Waals surface area contributed by atoms with Crippen molar-refractivity contribution in [1.29, 1.82) is 0 Å². The molecule has 0 saturated carbocycles. The molecule has 0 radical (unpaired) electrons. The van der Waals surface area contributed by atoms with Crippen molar-refractivity contribution >= 4 is 11.8 Å². The van der Waals surface area contributed by atoms with Crippen LogP contribution < -0.4 is 5.73 Å². The van der Waals surface area contributed by atoms with Gasteiger partial charge in [0.25, 0.3) is 0 Å². The number of primary amides is 1. The molecule has 126 valence electrons. The Kier molecular flexibility index (Phi) is 6.59. The zero-order chi connectivity index (χ0) is 16.7. The monoisotopic (exact) mass is 317 g/mol. The van der Waals surface area contributed by atoms with E-state index in [1.165, 1.54) is 5.56 Å². The van der Waals surface area contributed by atoms with Crippen LogP contribution in [0.2, 0.25) is 0 Å². The molecule has 0 unspecified atom stereocenters. The van der Waals surface area contributed by atoms with Crippen LogP contribution in [0.25, 0.3) is 0 Å². The molecule has 5 nitrogen and oxygen atoms in total. The van der Waals surface area contributed by atoms with Crippen LogP contribution in [0, 0.1) is 5.92 Å². The highest BCUT2D eigenvalue weighted by Crippen LogP contribution is 2.12. The summed E-state index contributed by atoms with van der Waals surface area (Å²) in [6.45, 7) is 6.18. The molecule has 23 heavy (non-hydrogen) atoms. The molecular weight excluding hydrogens is 290 g/mol. The number of carbonyl (C=O) groups excluding carboxylic acids is 2. The fourth-order valence-corrected chi connectivity index (χ4v) is 2.86. The number of rotatable bonds is 6. The summed E-state index contributed by atoms with van der Waals surface area (Å²) in [5.74, 6) is -0.428. The van der Waals surface area contributed by atoms with Crippen molar-refractivity contribution in [3.8, 4) is 0 Å². The average Bonchev–Trinajstić information content (AvgIpc) is 2.79. The van der Waals surface area contributed by atoms with Gasteiger partial charge in [-0.25, -0.2) is 0 Å². The Morgan fingerprint density at radius 1 is 1.13 bits per heavy atom. The molecule has 1 atom stereocenters. The van der Waals surface area contributed by atoms with Crippen LogP contribution in [0.15, 0.2) is 30.3 Å². The highest BCUT2D eigenvalue weighted by Gasteiger charge is 2.20. The van der Waals surface area contributed by atoms with Crippen molar-refractivity contribution in [2.24, 2.45) is 11.7 Å². The fraction of sp³-hybridized carbons (Fsp3) is 0.556. The van der Waals surface area contributed by atoms with Crippen LogP contribution in [0.4, 0.5) is 0 Å². The van der Waals surface area contributed by atoms with Gasteiger partial charge in [0.15, 0.2) is 0 Å². The smallest absolute Gasteiger partial charge is 0.222 e. The molecule has 1 heterocycles. The Labute approximate surface area is 138 Å². The SMILES string of the molecule is C[C@@H](CCC(=O)N1CCCN(Cc2ccccc2)CC1)C(N)=O. The molecule has 1 saturated heterocycles. The average molecular weight is 317 g/mol. The van der Waals surface area contributed by atoms with Crippen molar-refractivity contribution < 1.29 is 9.59 Å². The lowest BCUT2D eigenvalue weighted by Gasteiger charge is -2.22. The highest BCUT2D eigenvalue weighted by atomic mass is 16.2. The van der Waals surface area contributed by atoms with E-state index in [-0.39, 0.29) is 17.7 Å². The third kappa shape index (κ3) is 5.67. The highest BCUT2D eigenvalue weighted by molar-refractivity contribution is 5.79. The van der Waals surface area contributed by atoms with Gasteiger partial charge in [0.1, 0.15) is 0 Å². The summed E-state index contributed by atoms with van der Waals surface area (Å²) in [5, 5.41) is 0. The molecule has 2 N–H and O–H groups in total. The minimum atomic E-state index is -0.331. The van der Waals surface area contributed by atoms with Crippen molar-refractivity contribution in [1.82, 2.24) is 9.80 Å². The number of amides is 2. The molecule has 0 bridgehead atoms. The van der Waals surface area contributed by atoms with Crippen LogP contribution in [-0.2, 0) is 16.1 Å². The predicted octanol–water partition coefficient (Wildman–Crippen LogP) is 1.62. The maximum Gasteiger partial charge on any atom is 0.222 e. The van der Waals surface area contributed by atoms with E-state index in [1.807, 2.05) is 11.0 Å². The van der Waals surface area contributed by atoms with E-state index in [2.05, 4.69) is 29.2 Å². The van der Waals surface area contributed by atoms with Crippen molar-refractivity contribution in [2.45, 2.75) is 32.7 Å². The van der Waals surface area contributed by atoms with Crippen LogP contribution in [0.3, 0.4) is 0 Å². The largest absolute Gasteiger partial charge is 0.369 e. The van der Waals surface area contributed by atoms with E-state index >= 15 is 0 Å². The van der Waals surface area contributed by atoms with Gasteiger partial charge in [0, 0.05) is 45.1 Å². The Morgan fingerprint density at radius 3 is 2.57 bits per heavy atom. The van der Waals surface area contributed by atoms with E-state index in [4.69, 9.17) is 5.73 Å². The van der Waals surface area contributed by atoms with Gasteiger partial charge in [-0.1, -0.05) is 37.3 Å². The van der Waals surface area contributed by atoms with Gasteiger partial charge >= 0.3 is 0 Å². The van der Waals surface area contributed by atoms with Gasteiger partial charge in [0.05, 0.1) is 0 Å². The summed E-state index contributed by atoms with van der Waals surface area (Å²) in [6, 6.07) is 10.4. The van der Waals surface area contributed by atoms with E-state index in [0.29, 0.717) is 12.8 Å². The van der Waals surface area contributed by atoms with Crippen molar-refractivity contribution in [2.75, 3.05) is 26.2 Å². The minimum absolute atomic E-state index is 0.139. The van der Waals surface area contributed by atoms with E-state index in [1.54, 1.807) is 6.92 Å². The maximum atomic E-state index is 12.3. The number of carbonyl (C=O) groups is 2. The minimum Gasteiger partial charge on any atom is -0.369 e. The summed E-state index contributed by atoms with van der Waals surface area (Å²) < 4.78 is 0. The van der Waals surface area contributed by atoms with Crippen molar-refractivity contribution in [3.63, 3.8) is 0 Å². The van der Waals surface area contributed by atoms with Gasteiger partial charge in [0.2, 0.25) is 11.8 Å². The quantitative estimate of drug-likeness (QED) is 0.867. The van der Waals surface area contributed by atoms with E-state index < -0.39 is 0 Å². The van der Waals surface area contributed by atoms with Gasteiger partial charge in [-0.15, -0.1) is 0 Å². The fourth-order valence-electron chi connectivity index (χ4n) is 2.86. The Hall–Kier alpha value is -1.88. The zero-order valence-corrected chi connectivity index (χ0v) is 13.9. The molecule has 1 aromatic rings. The Morgan fingerprint density at radius 2 is 1.87 bits per heavy atom. The first-order valence-corrected chi connectivity index (χ1v) is 8.39. The van der Waals surface area contributed by atoms with Gasteiger partial charge < -0.3 is 10.6 Å². The zero-order valence-electron chi connectivity index (χ0n) is 13.9. The summed E-state index contributed by atoms with van der Waals surface area (Å²) in [6.07, 6.45) is 1.94. The topological polar surface area (TPSA) is 66.6 Å². The summed E-state index contributed by atoms with van der Waals surface area (Å²) in [5.41, 5.74) is 6.55. The normalized spacial score (nSPS) is 17.5.